The number of benzene rings is 1. The molecule has 0 radical (unpaired) electrons. The van der Waals surface area contributed by atoms with E-state index in [1.54, 1.807) is 0 Å². The molecule has 0 saturated carbocycles. The van der Waals surface area contributed by atoms with E-state index < -0.39 is 0 Å². The molecule has 1 aromatic carbocycles. The fraction of sp³-hybridized carbons (Fsp3) is 0.667. The summed E-state index contributed by atoms with van der Waals surface area (Å²) in [6.45, 7) is 10.3. The lowest BCUT2D eigenvalue weighted by atomic mass is 9.97. The first-order valence-electron chi connectivity index (χ1n) is 8.25. The molecular weight excluding hydrogens is 244 g/mol. The van der Waals surface area contributed by atoms with Crippen LogP contribution in [0.5, 0.6) is 0 Å². The van der Waals surface area contributed by atoms with Crippen LogP contribution in [-0.2, 0) is 0 Å². The van der Waals surface area contributed by atoms with Crippen molar-refractivity contribution in [2.24, 2.45) is 0 Å². The summed E-state index contributed by atoms with van der Waals surface area (Å²) in [6.07, 6.45) is 5.37. The second kappa shape index (κ2) is 7.80. The molecule has 1 saturated heterocycles. The molecule has 1 aliphatic rings. The molecule has 2 rings (SSSR count). The van der Waals surface area contributed by atoms with Crippen LogP contribution in [0.25, 0.3) is 0 Å². The highest BCUT2D eigenvalue weighted by molar-refractivity contribution is 5.28. The molecule has 0 aliphatic carbocycles. The van der Waals surface area contributed by atoms with Gasteiger partial charge < -0.3 is 10.2 Å². The average Bonchev–Trinajstić information content (AvgIpc) is 2.46. The highest BCUT2D eigenvalue weighted by atomic mass is 15.2. The van der Waals surface area contributed by atoms with Crippen molar-refractivity contribution >= 4 is 0 Å². The second-order valence-electron chi connectivity index (χ2n) is 6.14. The molecule has 0 aromatic heterocycles. The SMILES string of the molecule is CCNC(CCN1CCCCC1C)c1ccccc1C. The third-order valence-electron chi connectivity index (χ3n) is 4.66. The van der Waals surface area contributed by atoms with Crippen molar-refractivity contribution < 1.29 is 0 Å². The second-order valence-corrected chi connectivity index (χ2v) is 6.14. The van der Waals surface area contributed by atoms with Crippen LogP contribution in [0.2, 0.25) is 0 Å². The number of rotatable bonds is 6. The van der Waals surface area contributed by atoms with Gasteiger partial charge in [0.15, 0.2) is 0 Å². The molecule has 2 unspecified atom stereocenters. The molecule has 1 N–H and O–H groups in total. The largest absolute Gasteiger partial charge is 0.310 e. The van der Waals surface area contributed by atoms with Crippen LogP contribution in [0.15, 0.2) is 24.3 Å². The molecule has 0 bridgehead atoms. The maximum absolute atomic E-state index is 3.67. The van der Waals surface area contributed by atoms with Crippen molar-refractivity contribution in [3.8, 4) is 0 Å². The quantitative estimate of drug-likeness (QED) is 0.846. The van der Waals surface area contributed by atoms with E-state index in [2.05, 4.69) is 55.3 Å². The Morgan fingerprint density at radius 2 is 2.10 bits per heavy atom. The number of hydrogen-bond acceptors (Lipinski definition) is 2. The Balaban J connectivity index is 1.97. The first-order valence-corrected chi connectivity index (χ1v) is 8.25. The molecular formula is C18H30N2. The molecule has 1 fully saturated rings. The fourth-order valence-electron chi connectivity index (χ4n) is 3.38. The summed E-state index contributed by atoms with van der Waals surface area (Å²) in [6, 6.07) is 10.1. The van der Waals surface area contributed by atoms with Gasteiger partial charge in [-0.05, 0) is 57.3 Å². The van der Waals surface area contributed by atoms with E-state index in [1.165, 1.54) is 49.9 Å². The Morgan fingerprint density at radius 1 is 1.30 bits per heavy atom. The Bertz CT molecular complexity index is 402. The number of nitrogens with zero attached hydrogens (tertiary/aromatic N) is 1. The van der Waals surface area contributed by atoms with Gasteiger partial charge in [0, 0.05) is 18.6 Å². The Labute approximate surface area is 124 Å². The maximum atomic E-state index is 3.67. The van der Waals surface area contributed by atoms with Crippen molar-refractivity contribution in [1.29, 1.82) is 0 Å². The first kappa shape index (κ1) is 15.5. The number of likely N-dealkylation sites (tertiary alicyclic amines) is 1. The molecule has 1 aliphatic heterocycles. The van der Waals surface area contributed by atoms with Gasteiger partial charge in [-0.25, -0.2) is 0 Å². The van der Waals surface area contributed by atoms with Gasteiger partial charge in [-0.2, -0.15) is 0 Å². The zero-order valence-corrected chi connectivity index (χ0v) is 13.4. The van der Waals surface area contributed by atoms with Crippen molar-refractivity contribution in [3.63, 3.8) is 0 Å². The molecule has 0 spiro atoms. The van der Waals surface area contributed by atoms with E-state index in [4.69, 9.17) is 0 Å². The molecule has 112 valence electrons. The van der Waals surface area contributed by atoms with Gasteiger partial charge in [0.05, 0.1) is 0 Å². The van der Waals surface area contributed by atoms with Crippen LogP contribution in [-0.4, -0.2) is 30.6 Å². The topological polar surface area (TPSA) is 15.3 Å². The van der Waals surface area contributed by atoms with Gasteiger partial charge in [0.1, 0.15) is 0 Å². The summed E-state index contributed by atoms with van der Waals surface area (Å²) in [7, 11) is 0. The van der Waals surface area contributed by atoms with Crippen LogP contribution >= 0.6 is 0 Å². The molecule has 1 heterocycles. The maximum Gasteiger partial charge on any atom is 0.0334 e. The lowest BCUT2D eigenvalue weighted by molar-refractivity contribution is 0.153. The highest BCUT2D eigenvalue weighted by Crippen LogP contribution is 2.23. The molecule has 1 aromatic rings. The number of nitrogens with one attached hydrogen (secondary N) is 1. The zero-order chi connectivity index (χ0) is 14.4. The van der Waals surface area contributed by atoms with Crippen LogP contribution in [0, 0.1) is 6.92 Å². The summed E-state index contributed by atoms with van der Waals surface area (Å²) >= 11 is 0. The summed E-state index contributed by atoms with van der Waals surface area (Å²) in [4.78, 5) is 2.67. The van der Waals surface area contributed by atoms with E-state index in [0.29, 0.717) is 6.04 Å². The minimum Gasteiger partial charge on any atom is -0.310 e. The zero-order valence-electron chi connectivity index (χ0n) is 13.4. The Kier molecular flexibility index (Phi) is 6.06. The Hall–Kier alpha value is -0.860. The van der Waals surface area contributed by atoms with Crippen molar-refractivity contribution in [2.45, 2.75) is 58.5 Å². The van der Waals surface area contributed by atoms with Gasteiger partial charge in [-0.1, -0.05) is 37.6 Å². The normalized spacial score (nSPS) is 21.9. The highest BCUT2D eigenvalue weighted by Gasteiger charge is 2.20. The molecule has 2 atom stereocenters. The lowest BCUT2D eigenvalue weighted by Crippen LogP contribution is -2.39. The third kappa shape index (κ3) is 4.07. The van der Waals surface area contributed by atoms with Crippen LogP contribution < -0.4 is 5.32 Å². The molecule has 2 nitrogen and oxygen atoms in total. The van der Waals surface area contributed by atoms with Crippen LogP contribution in [0.1, 0.15) is 56.7 Å². The number of piperidine rings is 1. The Morgan fingerprint density at radius 3 is 2.80 bits per heavy atom. The van der Waals surface area contributed by atoms with Gasteiger partial charge >= 0.3 is 0 Å². The minimum absolute atomic E-state index is 0.496. The average molecular weight is 274 g/mol. The predicted molar refractivity (Wildman–Crippen MR) is 87.1 cm³/mol. The summed E-state index contributed by atoms with van der Waals surface area (Å²) in [5.74, 6) is 0. The van der Waals surface area contributed by atoms with E-state index in [1.807, 2.05) is 0 Å². The lowest BCUT2D eigenvalue weighted by Gasteiger charge is -2.34. The predicted octanol–water partition coefficient (Wildman–Crippen LogP) is 3.91. The van der Waals surface area contributed by atoms with Gasteiger partial charge in [0.2, 0.25) is 0 Å². The first-order chi connectivity index (χ1) is 9.72. The van der Waals surface area contributed by atoms with Crippen molar-refractivity contribution in [3.05, 3.63) is 35.4 Å². The van der Waals surface area contributed by atoms with E-state index in [9.17, 15) is 0 Å². The smallest absolute Gasteiger partial charge is 0.0334 e. The van der Waals surface area contributed by atoms with Crippen molar-refractivity contribution in [1.82, 2.24) is 10.2 Å². The minimum atomic E-state index is 0.496. The summed E-state index contributed by atoms with van der Waals surface area (Å²) < 4.78 is 0. The van der Waals surface area contributed by atoms with Crippen LogP contribution in [0.3, 0.4) is 0 Å². The van der Waals surface area contributed by atoms with E-state index in [0.717, 1.165) is 12.6 Å². The summed E-state index contributed by atoms with van der Waals surface area (Å²) in [5.41, 5.74) is 2.88. The molecule has 20 heavy (non-hydrogen) atoms. The van der Waals surface area contributed by atoms with Crippen molar-refractivity contribution in [2.75, 3.05) is 19.6 Å². The third-order valence-corrected chi connectivity index (χ3v) is 4.66. The van der Waals surface area contributed by atoms with Gasteiger partial charge in [0.25, 0.3) is 0 Å². The van der Waals surface area contributed by atoms with Gasteiger partial charge in [-0.15, -0.1) is 0 Å². The standard InChI is InChI=1S/C18H30N2/c1-4-19-18(17-11-6-5-9-15(17)2)12-14-20-13-8-7-10-16(20)3/h5-6,9,11,16,18-19H,4,7-8,10,12-14H2,1-3H3. The number of aryl methyl sites for hydroxylation is 1. The monoisotopic (exact) mass is 274 g/mol. The van der Waals surface area contributed by atoms with E-state index >= 15 is 0 Å². The van der Waals surface area contributed by atoms with E-state index in [-0.39, 0.29) is 0 Å². The molecule has 0 amide bonds. The summed E-state index contributed by atoms with van der Waals surface area (Å²) in [5, 5.41) is 3.67. The fourth-order valence-corrected chi connectivity index (χ4v) is 3.38. The number of hydrogen-bond donors (Lipinski definition) is 1. The van der Waals surface area contributed by atoms with Crippen LogP contribution in [0.4, 0.5) is 0 Å². The molecule has 2 heteroatoms. The van der Waals surface area contributed by atoms with Gasteiger partial charge in [-0.3, -0.25) is 0 Å².